The lowest BCUT2D eigenvalue weighted by Crippen LogP contribution is -2.36. The Balaban J connectivity index is 2.40. The van der Waals surface area contributed by atoms with Crippen LogP contribution in [0.5, 0.6) is 0 Å². The zero-order valence-electron chi connectivity index (χ0n) is 12.9. The van der Waals surface area contributed by atoms with Crippen LogP contribution in [0.15, 0.2) is 17.5 Å². The highest BCUT2D eigenvalue weighted by Gasteiger charge is 2.34. The van der Waals surface area contributed by atoms with E-state index in [4.69, 9.17) is 4.74 Å². The molecule has 1 aliphatic rings. The normalized spacial score (nSPS) is 18.6. The zero-order chi connectivity index (χ0) is 14.5. The molecule has 0 bridgehead atoms. The van der Waals surface area contributed by atoms with Crippen LogP contribution in [0.1, 0.15) is 59.8 Å². The van der Waals surface area contributed by atoms with Crippen molar-refractivity contribution in [2.45, 2.75) is 65.8 Å². The first-order valence-corrected chi connectivity index (χ1v) is 7.50. The van der Waals surface area contributed by atoms with Gasteiger partial charge in [0.1, 0.15) is 6.04 Å². The quantitative estimate of drug-likeness (QED) is 0.463. The minimum absolute atomic E-state index is 0.216. The molecular weight excluding hydrogens is 238 g/mol. The summed E-state index contributed by atoms with van der Waals surface area (Å²) in [7, 11) is 0. The first kappa shape index (κ1) is 16.2. The number of rotatable bonds is 8. The van der Waals surface area contributed by atoms with Crippen LogP contribution in [0, 0.1) is 22.2 Å². The first-order valence-electron chi connectivity index (χ1n) is 7.50. The maximum atomic E-state index is 11.0. The zero-order valence-corrected chi connectivity index (χ0v) is 12.9. The van der Waals surface area contributed by atoms with Gasteiger partial charge in [-0.25, -0.2) is 0 Å². The van der Waals surface area contributed by atoms with E-state index >= 15 is 0 Å². The van der Waals surface area contributed by atoms with E-state index in [9.17, 15) is 4.91 Å². The van der Waals surface area contributed by atoms with E-state index in [2.05, 4.69) is 11.8 Å². The van der Waals surface area contributed by atoms with Gasteiger partial charge in [-0.3, -0.25) is 0 Å². The van der Waals surface area contributed by atoms with Crippen LogP contribution < -0.4 is 0 Å². The van der Waals surface area contributed by atoms with Gasteiger partial charge in [0.2, 0.25) is 0 Å². The van der Waals surface area contributed by atoms with Gasteiger partial charge < -0.3 is 4.74 Å². The van der Waals surface area contributed by atoms with Crippen LogP contribution in [0.4, 0.5) is 0 Å². The Kier molecular flexibility index (Phi) is 6.02. The number of allylic oxidation sites excluding steroid dienone is 1. The third-order valence-electron chi connectivity index (χ3n) is 4.19. The van der Waals surface area contributed by atoms with Crippen molar-refractivity contribution in [1.29, 1.82) is 0 Å². The minimum atomic E-state index is -0.242. The molecule has 0 radical (unpaired) electrons. The van der Waals surface area contributed by atoms with Crippen molar-refractivity contribution in [2.75, 3.05) is 6.61 Å². The SMILES string of the molecule is C=C(CC1CCCC1)OCC(C)(C)C(N=O)C(C)C. The summed E-state index contributed by atoms with van der Waals surface area (Å²) in [6, 6.07) is -0.216. The molecule has 0 aromatic heterocycles. The van der Waals surface area contributed by atoms with Gasteiger partial charge >= 0.3 is 0 Å². The van der Waals surface area contributed by atoms with Gasteiger partial charge in [0.15, 0.2) is 0 Å². The molecule has 0 aromatic carbocycles. The summed E-state index contributed by atoms with van der Waals surface area (Å²) in [4.78, 5) is 11.0. The fourth-order valence-electron chi connectivity index (χ4n) is 3.14. The highest BCUT2D eigenvalue weighted by molar-refractivity contribution is 4.91. The van der Waals surface area contributed by atoms with Gasteiger partial charge in [-0.1, -0.05) is 65.1 Å². The van der Waals surface area contributed by atoms with E-state index < -0.39 is 0 Å². The second-order valence-electron chi connectivity index (χ2n) is 6.96. The van der Waals surface area contributed by atoms with Gasteiger partial charge in [-0.15, -0.1) is 0 Å². The third-order valence-corrected chi connectivity index (χ3v) is 4.19. The molecule has 0 amide bonds. The van der Waals surface area contributed by atoms with Crippen LogP contribution in [0.25, 0.3) is 0 Å². The van der Waals surface area contributed by atoms with E-state index in [1.807, 2.05) is 27.7 Å². The molecule has 1 rings (SSSR count). The van der Waals surface area contributed by atoms with Gasteiger partial charge in [0.25, 0.3) is 0 Å². The molecule has 0 aliphatic heterocycles. The predicted octanol–water partition coefficient (Wildman–Crippen LogP) is 4.91. The molecule has 1 fully saturated rings. The number of ether oxygens (including phenoxy) is 1. The maximum absolute atomic E-state index is 11.0. The second-order valence-corrected chi connectivity index (χ2v) is 6.96. The van der Waals surface area contributed by atoms with E-state index in [1.165, 1.54) is 25.7 Å². The Hall–Kier alpha value is -0.860. The molecule has 19 heavy (non-hydrogen) atoms. The highest BCUT2D eigenvalue weighted by atomic mass is 16.5. The third kappa shape index (κ3) is 4.96. The lowest BCUT2D eigenvalue weighted by atomic mass is 9.80. The van der Waals surface area contributed by atoms with Crippen molar-refractivity contribution in [3.05, 3.63) is 17.2 Å². The summed E-state index contributed by atoms with van der Waals surface area (Å²) < 4.78 is 5.81. The smallest absolute Gasteiger partial charge is 0.103 e. The molecule has 1 unspecified atom stereocenters. The number of nitrogens with zero attached hydrogens (tertiary/aromatic N) is 1. The molecule has 0 aromatic rings. The molecule has 0 N–H and O–H groups in total. The van der Waals surface area contributed by atoms with E-state index in [1.54, 1.807) is 0 Å². The number of nitroso groups, excluding NO2 is 1. The Morgan fingerprint density at radius 3 is 2.42 bits per heavy atom. The van der Waals surface area contributed by atoms with Crippen LogP contribution in [-0.2, 0) is 4.74 Å². The number of hydrogen-bond acceptors (Lipinski definition) is 3. The van der Waals surface area contributed by atoms with Crippen molar-refractivity contribution in [3.63, 3.8) is 0 Å². The van der Waals surface area contributed by atoms with Crippen molar-refractivity contribution in [3.8, 4) is 0 Å². The van der Waals surface area contributed by atoms with Gasteiger partial charge in [-0.05, 0) is 11.8 Å². The number of hydrogen-bond donors (Lipinski definition) is 0. The Labute approximate surface area is 117 Å². The molecule has 0 heterocycles. The highest BCUT2D eigenvalue weighted by Crippen LogP contribution is 2.33. The molecule has 1 saturated carbocycles. The Morgan fingerprint density at radius 1 is 1.37 bits per heavy atom. The molecule has 0 spiro atoms. The first-order chi connectivity index (χ1) is 8.86. The summed E-state index contributed by atoms with van der Waals surface area (Å²) in [6.45, 7) is 12.7. The van der Waals surface area contributed by atoms with E-state index in [0.717, 1.165) is 18.1 Å². The Bertz CT molecular complexity index is 304. The molecular formula is C16H29NO2. The predicted molar refractivity (Wildman–Crippen MR) is 79.9 cm³/mol. The molecule has 0 saturated heterocycles. The fourth-order valence-corrected chi connectivity index (χ4v) is 3.14. The Morgan fingerprint density at radius 2 is 1.95 bits per heavy atom. The standard InChI is InChI=1S/C16H29NO2/c1-12(2)15(17-18)16(4,5)11-19-13(3)10-14-8-6-7-9-14/h12,14-15H,3,6-11H2,1-2,4-5H3. The summed E-state index contributed by atoms with van der Waals surface area (Å²) in [6.07, 6.45) is 6.26. The maximum Gasteiger partial charge on any atom is 0.103 e. The van der Waals surface area contributed by atoms with Crippen LogP contribution >= 0.6 is 0 Å². The van der Waals surface area contributed by atoms with Crippen molar-refractivity contribution in [1.82, 2.24) is 0 Å². The van der Waals surface area contributed by atoms with Crippen LogP contribution in [0.2, 0.25) is 0 Å². The average molecular weight is 267 g/mol. The van der Waals surface area contributed by atoms with Gasteiger partial charge in [-0.2, -0.15) is 4.91 Å². The molecule has 1 aliphatic carbocycles. The average Bonchev–Trinajstić information content (AvgIpc) is 2.79. The molecule has 1 atom stereocenters. The van der Waals surface area contributed by atoms with Crippen LogP contribution in [0.3, 0.4) is 0 Å². The van der Waals surface area contributed by atoms with E-state index in [-0.39, 0.29) is 17.4 Å². The largest absolute Gasteiger partial charge is 0.498 e. The second kappa shape index (κ2) is 7.06. The molecule has 3 nitrogen and oxygen atoms in total. The van der Waals surface area contributed by atoms with Crippen molar-refractivity contribution in [2.24, 2.45) is 22.4 Å². The summed E-state index contributed by atoms with van der Waals surface area (Å²) in [5.41, 5.74) is -0.242. The monoisotopic (exact) mass is 267 g/mol. The van der Waals surface area contributed by atoms with Crippen molar-refractivity contribution >= 4 is 0 Å². The van der Waals surface area contributed by atoms with E-state index in [0.29, 0.717) is 6.61 Å². The van der Waals surface area contributed by atoms with Gasteiger partial charge in [0.05, 0.1) is 12.4 Å². The lowest BCUT2D eigenvalue weighted by Gasteiger charge is -2.32. The van der Waals surface area contributed by atoms with Crippen molar-refractivity contribution < 1.29 is 4.74 Å². The fraction of sp³-hybridized carbons (Fsp3) is 0.875. The molecule has 110 valence electrons. The lowest BCUT2D eigenvalue weighted by molar-refractivity contribution is 0.0751. The summed E-state index contributed by atoms with van der Waals surface area (Å²) in [5.74, 6) is 1.85. The molecule has 3 heteroatoms. The van der Waals surface area contributed by atoms with Gasteiger partial charge in [0, 0.05) is 11.8 Å². The summed E-state index contributed by atoms with van der Waals surface area (Å²) in [5, 5.41) is 3.28. The summed E-state index contributed by atoms with van der Waals surface area (Å²) >= 11 is 0. The minimum Gasteiger partial charge on any atom is -0.498 e. The van der Waals surface area contributed by atoms with Crippen LogP contribution in [-0.4, -0.2) is 12.6 Å². The topological polar surface area (TPSA) is 38.7 Å².